The summed E-state index contributed by atoms with van der Waals surface area (Å²) in [6.45, 7) is 1.27. The number of carbonyl (C=O) groups is 1. The zero-order chi connectivity index (χ0) is 12.3. The Hall–Kier alpha value is -1.26. The van der Waals surface area contributed by atoms with E-state index in [9.17, 15) is 4.79 Å². The van der Waals surface area contributed by atoms with Crippen LogP contribution in [0.15, 0.2) is 24.3 Å². The minimum absolute atomic E-state index is 0.00868. The van der Waals surface area contributed by atoms with Crippen LogP contribution >= 0.6 is 11.6 Å². The molecule has 1 fully saturated rings. The molecule has 1 aliphatic heterocycles. The molecule has 1 aliphatic rings. The monoisotopic (exact) mass is 254 g/mol. The molecule has 1 atom stereocenters. The van der Waals surface area contributed by atoms with E-state index < -0.39 is 0 Å². The summed E-state index contributed by atoms with van der Waals surface area (Å²) in [6.07, 6.45) is 0.742. The number of carbonyl (C=O) groups excluding carboxylic acids is 1. The van der Waals surface area contributed by atoms with E-state index in [1.54, 1.807) is 7.11 Å². The number of nitrogens with one attached hydrogen (secondary N) is 1. The number of rotatable bonds is 4. The topological polar surface area (TPSA) is 41.6 Å². The number of hydrazine groups is 1. The number of amides is 1. The highest BCUT2D eigenvalue weighted by atomic mass is 35.5. The molecule has 5 heteroatoms. The molecule has 1 amide bonds. The van der Waals surface area contributed by atoms with Crippen LogP contribution < -0.4 is 10.4 Å². The smallest absolute Gasteiger partial charge is 0.243 e. The molecule has 17 heavy (non-hydrogen) atoms. The van der Waals surface area contributed by atoms with Crippen LogP contribution in [0.25, 0.3) is 0 Å². The lowest BCUT2D eigenvalue weighted by atomic mass is 10.1. The molecule has 0 radical (unpaired) electrons. The number of nitrogens with zero attached hydrogens (tertiary/aromatic N) is 1. The fraction of sp³-hybridized carbons (Fsp3) is 0.417. The summed E-state index contributed by atoms with van der Waals surface area (Å²) in [5, 5.41) is 2.54. The quantitative estimate of drug-likeness (QED) is 0.892. The van der Waals surface area contributed by atoms with Gasteiger partial charge in [0.05, 0.1) is 18.2 Å². The van der Waals surface area contributed by atoms with Gasteiger partial charge < -0.3 is 4.74 Å². The summed E-state index contributed by atoms with van der Waals surface area (Å²) in [6, 6.07) is 7.40. The number of benzene rings is 1. The molecule has 0 aliphatic carbocycles. The van der Waals surface area contributed by atoms with Crippen LogP contribution in [0.5, 0.6) is 0 Å². The van der Waals surface area contributed by atoms with Crippen LogP contribution in [0.3, 0.4) is 0 Å². The first kappa shape index (κ1) is 12.2. The first-order valence-electron chi connectivity index (χ1n) is 5.53. The Labute approximate surface area is 105 Å². The molecule has 0 spiro atoms. The molecule has 1 N–H and O–H groups in total. The Morgan fingerprint density at radius 1 is 1.47 bits per heavy atom. The van der Waals surface area contributed by atoms with Gasteiger partial charge in [-0.15, -0.1) is 0 Å². The SMILES string of the molecule is COCCC1CN(c2ccc(Cl)cc2)NC1=O. The Bertz CT molecular complexity index is 394. The lowest BCUT2D eigenvalue weighted by molar-refractivity contribution is -0.122. The Morgan fingerprint density at radius 2 is 2.18 bits per heavy atom. The van der Waals surface area contributed by atoms with E-state index in [0.29, 0.717) is 18.2 Å². The largest absolute Gasteiger partial charge is 0.385 e. The lowest BCUT2D eigenvalue weighted by Gasteiger charge is -2.17. The first-order chi connectivity index (χ1) is 8.20. The minimum atomic E-state index is -0.00868. The maximum absolute atomic E-state index is 11.7. The van der Waals surface area contributed by atoms with Gasteiger partial charge in [0.15, 0.2) is 0 Å². The second kappa shape index (κ2) is 5.38. The third-order valence-electron chi connectivity index (χ3n) is 2.83. The van der Waals surface area contributed by atoms with Gasteiger partial charge in [-0.3, -0.25) is 15.2 Å². The normalized spacial score (nSPS) is 19.5. The second-order valence-corrected chi connectivity index (χ2v) is 4.48. The molecular formula is C12H15ClN2O2. The van der Waals surface area contributed by atoms with Gasteiger partial charge in [0.2, 0.25) is 5.91 Å². The fourth-order valence-electron chi connectivity index (χ4n) is 1.85. The average molecular weight is 255 g/mol. The van der Waals surface area contributed by atoms with Crippen LogP contribution in [0, 0.1) is 5.92 Å². The fourth-order valence-corrected chi connectivity index (χ4v) is 1.97. The van der Waals surface area contributed by atoms with Gasteiger partial charge in [0.25, 0.3) is 0 Å². The summed E-state index contributed by atoms with van der Waals surface area (Å²) in [4.78, 5) is 11.7. The van der Waals surface area contributed by atoms with E-state index >= 15 is 0 Å². The van der Waals surface area contributed by atoms with Crippen LogP contribution in [0.2, 0.25) is 5.02 Å². The lowest BCUT2D eigenvalue weighted by Crippen LogP contribution is -2.32. The molecule has 92 valence electrons. The Morgan fingerprint density at radius 3 is 2.82 bits per heavy atom. The highest BCUT2D eigenvalue weighted by Crippen LogP contribution is 2.22. The second-order valence-electron chi connectivity index (χ2n) is 4.04. The molecule has 1 unspecified atom stereocenters. The Kier molecular flexibility index (Phi) is 3.86. The van der Waals surface area contributed by atoms with Crippen molar-refractivity contribution in [2.75, 3.05) is 25.3 Å². The van der Waals surface area contributed by atoms with Gasteiger partial charge >= 0.3 is 0 Å². The molecule has 0 bridgehead atoms. The standard InChI is InChI=1S/C12H15ClN2O2/c1-17-7-6-9-8-15(14-12(9)16)11-4-2-10(13)3-5-11/h2-5,9H,6-8H2,1H3,(H,14,16). The molecule has 2 rings (SSSR count). The van der Waals surface area contributed by atoms with Crippen LogP contribution in [0.1, 0.15) is 6.42 Å². The van der Waals surface area contributed by atoms with Crippen LogP contribution in [-0.2, 0) is 9.53 Å². The van der Waals surface area contributed by atoms with E-state index in [1.165, 1.54) is 0 Å². The van der Waals surface area contributed by atoms with Gasteiger partial charge in [-0.2, -0.15) is 0 Å². The van der Waals surface area contributed by atoms with Gasteiger partial charge in [0, 0.05) is 18.7 Å². The van der Waals surface area contributed by atoms with Crippen molar-refractivity contribution in [1.29, 1.82) is 0 Å². The van der Waals surface area contributed by atoms with Gasteiger partial charge in [-0.05, 0) is 30.7 Å². The van der Waals surface area contributed by atoms with Crippen LogP contribution in [-0.4, -0.2) is 26.2 Å². The summed E-state index contributed by atoms with van der Waals surface area (Å²) in [7, 11) is 1.64. The zero-order valence-corrected chi connectivity index (χ0v) is 10.4. The number of methoxy groups -OCH3 is 1. The average Bonchev–Trinajstić information content (AvgIpc) is 2.69. The van der Waals surface area contributed by atoms with E-state index in [-0.39, 0.29) is 11.8 Å². The van der Waals surface area contributed by atoms with Gasteiger partial charge in [-0.25, -0.2) is 0 Å². The van der Waals surface area contributed by atoms with Crippen molar-refractivity contribution in [1.82, 2.24) is 5.43 Å². The predicted molar refractivity (Wildman–Crippen MR) is 66.9 cm³/mol. The van der Waals surface area contributed by atoms with Gasteiger partial charge in [0.1, 0.15) is 0 Å². The van der Waals surface area contributed by atoms with Crippen molar-refractivity contribution < 1.29 is 9.53 Å². The van der Waals surface area contributed by atoms with Crippen molar-refractivity contribution in [3.05, 3.63) is 29.3 Å². The number of ether oxygens (including phenoxy) is 1. The van der Waals surface area contributed by atoms with E-state index in [4.69, 9.17) is 16.3 Å². The zero-order valence-electron chi connectivity index (χ0n) is 9.65. The molecule has 4 nitrogen and oxygen atoms in total. The summed E-state index contributed by atoms with van der Waals surface area (Å²) < 4.78 is 4.99. The van der Waals surface area contributed by atoms with Crippen molar-refractivity contribution in [3.63, 3.8) is 0 Å². The number of hydrogen-bond donors (Lipinski definition) is 1. The minimum Gasteiger partial charge on any atom is -0.385 e. The molecule has 0 saturated carbocycles. The molecular weight excluding hydrogens is 240 g/mol. The van der Waals surface area contributed by atoms with Crippen molar-refractivity contribution in [3.8, 4) is 0 Å². The maximum atomic E-state index is 11.7. The molecule has 1 aromatic carbocycles. The highest BCUT2D eigenvalue weighted by Gasteiger charge is 2.30. The predicted octanol–water partition coefficient (Wildman–Crippen LogP) is 1.84. The Balaban J connectivity index is 2.00. The summed E-state index contributed by atoms with van der Waals surface area (Å²) >= 11 is 5.82. The van der Waals surface area contributed by atoms with E-state index in [1.807, 2.05) is 29.3 Å². The van der Waals surface area contributed by atoms with Crippen molar-refractivity contribution in [2.24, 2.45) is 5.92 Å². The van der Waals surface area contributed by atoms with Gasteiger partial charge in [-0.1, -0.05) is 11.6 Å². The third kappa shape index (κ3) is 2.90. The highest BCUT2D eigenvalue weighted by molar-refractivity contribution is 6.30. The summed E-state index contributed by atoms with van der Waals surface area (Å²) in [5.41, 5.74) is 3.79. The van der Waals surface area contributed by atoms with E-state index in [2.05, 4.69) is 5.43 Å². The summed E-state index contributed by atoms with van der Waals surface area (Å²) in [5.74, 6) is 0.0441. The third-order valence-corrected chi connectivity index (χ3v) is 3.08. The molecule has 1 saturated heterocycles. The van der Waals surface area contributed by atoms with Crippen LogP contribution in [0.4, 0.5) is 5.69 Å². The first-order valence-corrected chi connectivity index (χ1v) is 5.91. The van der Waals surface area contributed by atoms with Crippen molar-refractivity contribution in [2.45, 2.75) is 6.42 Å². The van der Waals surface area contributed by atoms with E-state index in [0.717, 1.165) is 12.1 Å². The van der Waals surface area contributed by atoms with Crippen molar-refractivity contribution >= 4 is 23.2 Å². The maximum Gasteiger partial charge on any atom is 0.243 e. The molecule has 0 aromatic heterocycles. The molecule has 1 aromatic rings. The molecule has 1 heterocycles. The number of halogens is 1. The number of hydrogen-bond acceptors (Lipinski definition) is 3. The number of anilines is 1.